The molecule has 1 aliphatic heterocycles. The minimum Gasteiger partial charge on any atom is -0.465 e. The zero-order valence-electron chi connectivity index (χ0n) is 16.4. The zero-order chi connectivity index (χ0) is 20.2. The maximum Gasteiger partial charge on any atom is 0.269 e. The number of amides is 1. The van der Waals surface area contributed by atoms with Crippen LogP contribution in [-0.4, -0.2) is 28.8 Å². The summed E-state index contributed by atoms with van der Waals surface area (Å²) in [6, 6.07) is 15.1. The number of carbonyl (C=O) groups is 1. The Hall–Kier alpha value is -3.35. The SMILES string of the molecule is Cc1ccc(CNC(=O)[C@H]2CCN(c3cnn(Cc4ccccc4)c(=O)c3)C2)o1. The quantitative estimate of drug-likeness (QED) is 0.696. The number of nitrogens with one attached hydrogen (secondary N) is 1. The van der Waals surface area contributed by atoms with Gasteiger partial charge in [-0.2, -0.15) is 5.10 Å². The summed E-state index contributed by atoms with van der Waals surface area (Å²) in [5.41, 5.74) is 1.64. The van der Waals surface area contributed by atoms with Crippen LogP contribution in [0.3, 0.4) is 0 Å². The van der Waals surface area contributed by atoms with Gasteiger partial charge in [-0.1, -0.05) is 30.3 Å². The van der Waals surface area contributed by atoms with Crippen molar-refractivity contribution >= 4 is 11.6 Å². The first-order chi connectivity index (χ1) is 14.1. The van der Waals surface area contributed by atoms with Crippen LogP contribution in [0.15, 0.2) is 63.9 Å². The lowest BCUT2D eigenvalue weighted by atomic mass is 10.1. The number of furan rings is 1. The molecule has 1 amide bonds. The Bertz CT molecular complexity index is 1040. The molecular formula is C22H24N4O3. The van der Waals surface area contributed by atoms with E-state index in [0.717, 1.165) is 35.7 Å². The molecule has 2 aromatic heterocycles. The van der Waals surface area contributed by atoms with Gasteiger partial charge in [0.25, 0.3) is 5.56 Å². The molecule has 0 unspecified atom stereocenters. The second kappa shape index (κ2) is 8.34. The first kappa shape index (κ1) is 19.0. The van der Waals surface area contributed by atoms with E-state index >= 15 is 0 Å². The van der Waals surface area contributed by atoms with Crippen molar-refractivity contribution in [2.45, 2.75) is 26.4 Å². The Labute approximate surface area is 169 Å². The Morgan fingerprint density at radius 2 is 2.07 bits per heavy atom. The van der Waals surface area contributed by atoms with Gasteiger partial charge < -0.3 is 14.6 Å². The number of aryl methyl sites for hydroxylation is 1. The Kier molecular flexibility index (Phi) is 5.46. The number of carbonyl (C=O) groups excluding carboxylic acids is 1. The molecule has 3 aromatic rings. The van der Waals surface area contributed by atoms with Crippen molar-refractivity contribution in [2.75, 3.05) is 18.0 Å². The van der Waals surface area contributed by atoms with E-state index in [1.807, 2.05) is 54.3 Å². The molecule has 1 fully saturated rings. The van der Waals surface area contributed by atoms with E-state index in [-0.39, 0.29) is 17.4 Å². The second-order valence-corrected chi connectivity index (χ2v) is 7.36. The summed E-state index contributed by atoms with van der Waals surface area (Å²) < 4.78 is 6.93. The Morgan fingerprint density at radius 1 is 1.24 bits per heavy atom. The van der Waals surface area contributed by atoms with Gasteiger partial charge in [-0.15, -0.1) is 0 Å². The molecule has 0 bridgehead atoms. The van der Waals surface area contributed by atoms with Crippen molar-refractivity contribution in [2.24, 2.45) is 5.92 Å². The van der Waals surface area contributed by atoms with Gasteiger partial charge in [-0.05, 0) is 31.0 Å². The van der Waals surface area contributed by atoms with Crippen molar-refractivity contribution in [3.63, 3.8) is 0 Å². The average molecular weight is 392 g/mol. The highest BCUT2D eigenvalue weighted by atomic mass is 16.3. The maximum absolute atomic E-state index is 12.5. The maximum atomic E-state index is 12.5. The lowest BCUT2D eigenvalue weighted by Crippen LogP contribution is -2.33. The molecule has 1 atom stereocenters. The average Bonchev–Trinajstić information content (AvgIpc) is 3.38. The number of rotatable bonds is 6. The van der Waals surface area contributed by atoms with Crippen LogP contribution in [0.2, 0.25) is 0 Å². The fourth-order valence-electron chi connectivity index (χ4n) is 3.58. The van der Waals surface area contributed by atoms with E-state index < -0.39 is 0 Å². The van der Waals surface area contributed by atoms with Gasteiger partial charge in [0, 0.05) is 19.2 Å². The first-order valence-electron chi connectivity index (χ1n) is 9.77. The van der Waals surface area contributed by atoms with E-state index in [1.54, 1.807) is 12.3 Å². The summed E-state index contributed by atoms with van der Waals surface area (Å²) in [5.74, 6) is 1.47. The normalized spacial score (nSPS) is 16.2. The molecule has 1 aliphatic rings. The molecule has 3 heterocycles. The minimum atomic E-state index is -0.146. The largest absolute Gasteiger partial charge is 0.465 e. The highest BCUT2D eigenvalue weighted by Gasteiger charge is 2.29. The third-order valence-electron chi connectivity index (χ3n) is 5.19. The fraction of sp³-hybridized carbons (Fsp3) is 0.318. The van der Waals surface area contributed by atoms with Crippen LogP contribution in [0.5, 0.6) is 0 Å². The van der Waals surface area contributed by atoms with Crippen LogP contribution in [-0.2, 0) is 17.9 Å². The molecule has 150 valence electrons. The van der Waals surface area contributed by atoms with E-state index in [1.165, 1.54) is 4.68 Å². The number of anilines is 1. The molecule has 1 saturated heterocycles. The van der Waals surface area contributed by atoms with Crippen molar-refractivity contribution in [3.05, 3.63) is 82.2 Å². The topological polar surface area (TPSA) is 80.4 Å². The highest BCUT2D eigenvalue weighted by molar-refractivity contribution is 5.80. The standard InChI is InChI=1S/C22H24N4O3/c1-16-7-8-20(29-16)13-23-22(28)18-9-10-25(15-18)19-11-21(27)26(24-12-19)14-17-5-3-2-4-6-17/h2-8,11-12,18H,9-10,13-15H2,1H3,(H,23,28)/t18-/m0/s1. The van der Waals surface area contributed by atoms with E-state index in [9.17, 15) is 9.59 Å². The van der Waals surface area contributed by atoms with Crippen LogP contribution in [0, 0.1) is 12.8 Å². The van der Waals surface area contributed by atoms with Crippen molar-refractivity contribution in [3.8, 4) is 0 Å². The smallest absolute Gasteiger partial charge is 0.269 e. The molecule has 4 rings (SSSR count). The molecule has 7 heteroatoms. The molecule has 29 heavy (non-hydrogen) atoms. The molecule has 7 nitrogen and oxygen atoms in total. The van der Waals surface area contributed by atoms with E-state index in [0.29, 0.717) is 19.6 Å². The third kappa shape index (κ3) is 4.56. The number of nitrogens with zero attached hydrogens (tertiary/aromatic N) is 3. The van der Waals surface area contributed by atoms with Gasteiger partial charge in [0.05, 0.1) is 30.9 Å². The summed E-state index contributed by atoms with van der Waals surface area (Å²) in [7, 11) is 0. The van der Waals surface area contributed by atoms with Gasteiger partial charge in [-0.3, -0.25) is 9.59 Å². The molecule has 1 aromatic carbocycles. The second-order valence-electron chi connectivity index (χ2n) is 7.36. The lowest BCUT2D eigenvalue weighted by Gasteiger charge is -2.18. The van der Waals surface area contributed by atoms with E-state index in [4.69, 9.17) is 4.42 Å². The predicted octanol–water partition coefficient (Wildman–Crippen LogP) is 2.34. The van der Waals surface area contributed by atoms with Crippen LogP contribution >= 0.6 is 0 Å². The van der Waals surface area contributed by atoms with Crippen molar-refractivity contribution in [1.82, 2.24) is 15.1 Å². The van der Waals surface area contributed by atoms with Gasteiger partial charge in [0.1, 0.15) is 11.5 Å². The zero-order valence-corrected chi connectivity index (χ0v) is 16.4. The first-order valence-corrected chi connectivity index (χ1v) is 9.77. The van der Waals surface area contributed by atoms with Gasteiger partial charge >= 0.3 is 0 Å². The summed E-state index contributed by atoms with van der Waals surface area (Å²) in [6.45, 7) is 4.01. The molecular weight excluding hydrogens is 368 g/mol. The van der Waals surface area contributed by atoms with Crippen molar-refractivity contribution < 1.29 is 9.21 Å². The fourth-order valence-corrected chi connectivity index (χ4v) is 3.58. The molecule has 0 aliphatic carbocycles. The summed E-state index contributed by atoms with van der Waals surface area (Å²) in [5, 5.41) is 7.25. The van der Waals surface area contributed by atoms with Crippen LogP contribution in [0.25, 0.3) is 0 Å². The van der Waals surface area contributed by atoms with Crippen molar-refractivity contribution in [1.29, 1.82) is 0 Å². The number of hydrogen-bond acceptors (Lipinski definition) is 5. The molecule has 0 saturated carbocycles. The Balaban J connectivity index is 1.35. The Morgan fingerprint density at radius 3 is 2.79 bits per heavy atom. The monoisotopic (exact) mass is 392 g/mol. The summed E-state index contributed by atoms with van der Waals surface area (Å²) in [6.07, 6.45) is 2.45. The van der Waals surface area contributed by atoms with Gasteiger partial charge in [0.2, 0.25) is 5.91 Å². The number of hydrogen-bond donors (Lipinski definition) is 1. The molecule has 0 spiro atoms. The number of aromatic nitrogens is 2. The third-order valence-corrected chi connectivity index (χ3v) is 5.19. The van der Waals surface area contributed by atoms with Crippen LogP contribution < -0.4 is 15.8 Å². The predicted molar refractivity (Wildman–Crippen MR) is 110 cm³/mol. The highest BCUT2D eigenvalue weighted by Crippen LogP contribution is 2.22. The molecule has 1 N–H and O–H groups in total. The number of benzene rings is 1. The minimum absolute atomic E-state index is 0.00642. The van der Waals surface area contributed by atoms with Gasteiger partial charge in [-0.25, -0.2) is 4.68 Å². The van der Waals surface area contributed by atoms with E-state index in [2.05, 4.69) is 10.4 Å². The molecule has 0 radical (unpaired) electrons. The van der Waals surface area contributed by atoms with Gasteiger partial charge in [0.15, 0.2) is 0 Å². The van der Waals surface area contributed by atoms with Crippen LogP contribution in [0.1, 0.15) is 23.5 Å². The summed E-state index contributed by atoms with van der Waals surface area (Å²) >= 11 is 0. The van der Waals surface area contributed by atoms with Crippen LogP contribution in [0.4, 0.5) is 5.69 Å². The lowest BCUT2D eigenvalue weighted by molar-refractivity contribution is -0.124. The summed E-state index contributed by atoms with van der Waals surface area (Å²) in [4.78, 5) is 27.0.